The number of hydrogen-bond acceptors (Lipinski definition) is 5. The van der Waals surface area contributed by atoms with E-state index in [0.29, 0.717) is 5.56 Å². The molecular weight excluding hydrogens is 364 g/mol. The number of methoxy groups -OCH3 is 1. The predicted molar refractivity (Wildman–Crippen MR) is 118 cm³/mol. The Labute approximate surface area is 172 Å². The maximum Gasteiger partial charge on any atom is 0.271 e. The molecule has 1 N–H and O–H groups in total. The quantitative estimate of drug-likeness (QED) is 0.589. The van der Waals surface area contributed by atoms with Crippen LogP contribution in [0.4, 0.5) is 5.69 Å². The number of anilines is 1. The molecule has 0 fully saturated rings. The molecule has 29 heavy (non-hydrogen) atoms. The smallest absolute Gasteiger partial charge is 0.271 e. The minimum absolute atomic E-state index is 0.0633. The molecule has 0 spiro atoms. The molecule has 0 radical (unpaired) electrons. The second kappa shape index (κ2) is 8.47. The highest BCUT2D eigenvalue weighted by atomic mass is 16.5. The number of carbonyl (C=O) groups is 1. The van der Waals surface area contributed by atoms with Crippen LogP contribution in [0.3, 0.4) is 0 Å². The number of nitrogens with one attached hydrogen (secondary N) is 1. The second-order valence-corrected chi connectivity index (χ2v) is 7.68. The van der Waals surface area contributed by atoms with Gasteiger partial charge in [0.25, 0.3) is 5.91 Å². The van der Waals surface area contributed by atoms with E-state index < -0.39 is 0 Å². The molecule has 0 atom stereocenters. The number of benzene rings is 1. The number of carbonyl (C=O) groups excluding carboxylic acids is 1. The highest BCUT2D eigenvalue weighted by Gasteiger charge is 2.31. The van der Waals surface area contributed by atoms with Gasteiger partial charge in [-0.1, -0.05) is 13.0 Å². The van der Waals surface area contributed by atoms with Crippen molar-refractivity contribution in [3.8, 4) is 5.75 Å². The van der Waals surface area contributed by atoms with Crippen LogP contribution in [0.25, 0.3) is 5.57 Å². The zero-order valence-corrected chi connectivity index (χ0v) is 17.7. The van der Waals surface area contributed by atoms with Crippen molar-refractivity contribution in [3.63, 3.8) is 0 Å². The average molecular weight is 393 g/mol. The third-order valence-electron chi connectivity index (χ3n) is 5.09. The maximum atomic E-state index is 12.2. The number of rotatable bonds is 6. The molecule has 1 aliphatic rings. The van der Waals surface area contributed by atoms with E-state index in [1.54, 1.807) is 37.9 Å². The van der Waals surface area contributed by atoms with Crippen LogP contribution < -0.4 is 15.1 Å². The molecule has 152 valence electrons. The number of allylic oxidation sites excluding steroid dienone is 1. The first-order valence-corrected chi connectivity index (χ1v) is 9.80. The number of fused-ring (bicyclic) bond motifs is 1. The van der Waals surface area contributed by atoms with Gasteiger partial charge in [0.1, 0.15) is 5.75 Å². The summed E-state index contributed by atoms with van der Waals surface area (Å²) in [4.78, 5) is 18.5. The predicted octanol–water partition coefficient (Wildman–Crippen LogP) is 4.27. The van der Waals surface area contributed by atoms with Crippen molar-refractivity contribution in [2.75, 3.05) is 18.6 Å². The monoisotopic (exact) mass is 392 g/mol. The number of nitrogens with zero attached hydrogens (tertiary/aromatic N) is 3. The topological polar surface area (TPSA) is 66.8 Å². The molecule has 1 aromatic carbocycles. The summed E-state index contributed by atoms with van der Waals surface area (Å²) in [5.41, 5.74) is 7.34. The summed E-state index contributed by atoms with van der Waals surface area (Å²) in [7, 11) is 1.65. The molecule has 1 aliphatic heterocycles. The van der Waals surface area contributed by atoms with Crippen LogP contribution in [0.15, 0.2) is 47.8 Å². The van der Waals surface area contributed by atoms with Crippen LogP contribution in [-0.4, -0.2) is 36.3 Å². The summed E-state index contributed by atoms with van der Waals surface area (Å²) < 4.78 is 5.63. The maximum absolute atomic E-state index is 12.2. The lowest BCUT2D eigenvalue weighted by Crippen LogP contribution is -2.45. The van der Waals surface area contributed by atoms with Gasteiger partial charge >= 0.3 is 0 Å². The molecule has 0 unspecified atom stereocenters. The van der Waals surface area contributed by atoms with Crippen LogP contribution in [-0.2, 0) is 0 Å². The molecule has 0 aliphatic carbocycles. The molecule has 0 bridgehead atoms. The van der Waals surface area contributed by atoms with Gasteiger partial charge in [-0.15, -0.1) is 0 Å². The van der Waals surface area contributed by atoms with Crippen molar-refractivity contribution in [1.29, 1.82) is 0 Å². The molecule has 0 saturated heterocycles. The Morgan fingerprint density at radius 3 is 2.69 bits per heavy atom. The van der Waals surface area contributed by atoms with Gasteiger partial charge in [-0.25, -0.2) is 5.43 Å². The summed E-state index contributed by atoms with van der Waals surface area (Å²) >= 11 is 0. The SMILES string of the molecule is CCCN1c2cc(OC)c(/C=N\NC(=O)c3ccncc3)cc2C(C)=CC1(C)C. The Hall–Kier alpha value is -3.15. The van der Waals surface area contributed by atoms with Gasteiger partial charge in [-0.05, 0) is 51.0 Å². The van der Waals surface area contributed by atoms with E-state index in [1.165, 1.54) is 5.57 Å². The summed E-state index contributed by atoms with van der Waals surface area (Å²) in [5.74, 6) is 0.435. The van der Waals surface area contributed by atoms with Gasteiger partial charge in [-0.2, -0.15) is 5.10 Å². The number of hydrogen-bond donors (Lipinski definition) is 1. The lowest BCUT2D eigenvalue weighted by atomic mass is 9.87. The zero-order valence-electron chi connectivity index (χ0n) is 17.7. The molecular formula is C23H28N4O2. The lowest BCUT2D eigenvalue weighted by molar-refractivity contribution is 0.0955. The number of hydrazone groups is 1. The van der Waals surface area contributed by atoms with Crippen LogP contribution in [0.5, 0.6) is 5.75 Å². The first kappa shape index (κ1) is 20.6. The average Bonchev–Trinajstić information content (AvgIpc) is 2.71. The minimum Gasteiger partial charge on any atom is -0.496 e. The van der Waals surface area contributed by atoms with Crippen molar-refractivity contribution in [2.45, 2.75) is 39.7 Å². The largest absolute Gasteiger partial charge is 0.496 e. The second-order valence-electron chi connectivity index (χ2n) is 7.68. The fourth-order valence-electron chi connectivity index (χ4n) is 3.76. The van der Waals surface area contributed by atoms with E-state index in [1.807, 2.05) is 0 Å². The summed E-state index contributed by atoms with van der Waals surface area (Å²) in [6.45, 7) is 9.73. The minimum atomic E-state index is -0.285. The first-order valence-electron chi connectivity index (χ1n) is 9.80. The fourth-order valence-corrected chi connectivity index (χ4v) is 3.76. The summed E-state index contributed by atoms with van der Waals surface area (Å²) in [5, 5.41) is 4.13. The lowest BCUT2D eigenvalue weighted by Gasteiger charge is -2.43. The molecule has 1 aromatic heterocycles. The molecule has 2 heterocycles. The molecule has 1 amide bonds. The van der Waals surface area contributed by atoms with Crippen molar-refractivity contribution >= 4 is 23.4 Å². The number of pyridine rings is 1. The van der Waals surface area contributed by atoms with E-state index in [2.05, 4.69) is 66.3 Å². The van der Waals surface area contributed by atoms with Gasteiger partial charge in [-0.3, -0.25) is 9.78 Å². The normalized spacial score (nSPS) is 15.1. The molecule has 2 aromatic rings. The van der Waals surface area contributed by atoms with Gasteiger partial charge in [0, 0.05) is 47.4 Å². The highest BCUT2D eigenvalue weighted by molar-refractivity contribution is 5.95. The van der Waals surface area contributed by atoms with E-state index in [4.69, 9.17) is 4.74 Å². The van der Waals surface area contributed by atoms with Crippen molar-refractivity contribution in [1.82, 2.24) is 10.4 Å². The first-order chi connectivity index (χ1) is 13.9. The van der Waals surface area contributed by atoms with Crippen molar-refractivity contribution in [2.24, 2.45) is 5.10 Å². The fraction of sp³-hybridized carbons (Fsp3) is 0.348. The number of ether oxygens (including phenoxy) is 1. The van der Waals surface area contributed by atoms with Gasteiger partial charge in [0.15, 0.2) is 0 Å². The van der Waals surface area contributed by atoms with Gasteiger partial charge < -0.3 is 9.64 Å². The van der Waals surface area contributed by atoms with Gasteiger partial charge in [0.2, 0.25) is 0 Å². The van der Waals surface area contributed by atoms with Crippen LogP contribution in [0, 0.1) is 0 Å². The standard InChI is InChI=1S/C23H28N4O2/c1-6-11-27-20-13-21(29-5)18(12-19(20)16(2)14-23(27,3)4)15-25-26-22(28)17-7-9-24-10-8-17/h7-10,12-15H,6,11H2,1-5H3,(H,26,28)/b25-15-. The molecule has 0 saturated carbocycles. The third-order valence-corrected chi connectivity index (χ3v) is 5.09. The zero-order chi connectivity index (χ0) is 21.0. The van der Waals surface area contributed by atoms with E-state index in [9.17, 15) is 4.79 Å². The Morgan fingerprint density at radius 1 is 1.31 bits per heavy atom. The Kier molecular flexibility index (Phi) is 6.01. The van der Waals surface area contributed by atoms with Crippen molar-refractivity contribution < 1.29 is 9.53 Å². The Balaban J connectivity index is 1.91. The van der Waals surface area contributed by atoms with Gasteiger partial charge in [0.05, 0.1) is 18.9 Å². The third kappa shape index (κ3) is 4.31. The number of aromatic nitrogens is 1. The Morgan fingerprint density at radius 2 is 2.03 bits per heavy atom. The van der Waals surface area contributed by atoms with E-state index >= 15 is 0 Å². The Bertz CT molecular complexity index is 949. The number of amides is 1. The van der Waals surface area contributed by atoms with Crippen molar-refractivity contribution in [3.05, 3.63) is 59.4 Å². The highest BCUT2D eigenvalue weighted by Crippen LogP contribution is 2.41. The molecule has 6 nitrogen and oxygen atoms in total. The molecule has 3 rings (SSSR count). The van der Waals surface area contributed by atoms with Crippen LogP contribution >= 0.6 is 0 Å². The summed E-state index contributed by atoms with van der Waals surface area (Å²) in [6, 6.07) is 7.42. The summed E-state index contributed by atoms with van der Waals surface area (Å²) in [6.07, 6.45) is 8.12. The molecule has 6 heteroatoms. The van der Waals surface area contributed by atoms with E-state index in [-0.39, 0.29) is 11.4 Å². The van der Waals surface area contributed by atoms with Crippen LogP contribution in [0.2, 0.25) is 0 Å². The van der Waals surface area contributed by atoms with E-state index in [0.717, 1.165) is 35.5 Å². The van der Waals surface area contributed by atoms with Crippen LogP contribution in [0.1, 0.15) is 55.6 Å².